The summed E-state index contributed by atoms with van der Waals surface area (Å²) in [6.07, 6.45) is 4.96. The zero-order valence-corrected chi connectivity index (χ0v) is 16.5. The first-order valence-corrected chi connectivity index (χ1v) is 10.2. The van der Waals surface area contributed by atoms with E-state index in [4.69, 9.17) is 0 Å². The number of aliphatic hydroxyl groups is 2. The van der Waals surface area contributed by atoms with E-state index in [-0.39, 0.29) is 47.1 Å². The van der Waals surface area contributed by atoms with E-state index < -0.39 is 23.4 Å². The number of fused-ring (bicyclic) bond motifs is 5. The molecular formula is C22H30O5. The molecule has 4 aliphatic carbocycles. The fourth-order valence-electron chi connectivity index (χ4n) is 7.29. The number of ketones is 3. The first kappa shape index (κ1) is 19.0. The van der Waals surface area contributed by atoms with E-state index in [1.807, 2.05) is 6.92 Å². The van der Waals surface area contributed by atoms with Gasteiger partial charge in [-0.3, -0.25) is 14.4 Å². The number of aliphatic hydroxyl groups excluding tert-OH is 1. The summed E-state index contributed by atoms with van der Waals surface area (Å²) < 4.78 is 0. The third-order valence-corrected chi connectivity index (χ3v) is 8.77. The molecule has 7 atom stereocenters. The van der Waals surface area contributed by atoms with Crippen molar-refractivity contribution in [2.75, 3.05) is 6.61 Å². The Kier molecular flexibility index (Phi) is 4.11. The maximum absolute atomic E-state index is 13.5. The molecule has 3 fully saturated rings. The summed E-state index contributed by atoms with van der Waals surface area (Å²) in [6.45, 7) is 5.46. The Bertz CT molecular complexity index is 754. The molecule has 0 heterocycles. The van der Waals surface area contributed by atoms with Gasteiger partial charge >= 0.3 is 0 Å². The second kappa shape index (κ2) is 5.84. The zero-order chi connectivity index (χ0) is 19.8. The van der Waals surface area contributed by atoms with Gasteiger partial charge in [-0.05, 0) is 54.9 Å². The van der Waals surface area contributed by atoms with Crippen molar-refractivity contribution in [3.8, 4) is 0 Å². The van der Waals surface area contributed by atoms with Crippen molar-refractivity contribution in [1.29, 1.82) is 0 Å². The van der Waals surface area contributed by atoms with Crippen LogP contribution in [0, 0.1) is 34.5 Å². The molecular weight excluding hydrogens is 344 g/mol. The highest BCUT2D eigenvalue weighted by molar-refractivity contribution is 5.94. The van der Waals surface area contributed by atoms with Gasteiger partial charge in [-0.25, -0.2) is 0 Å². The number of hydrogen-bond acceptors (Lipinski definition) is 5. The highest BCUT2D eigenvalue weighted by Crippen LogP contribution is 2.67. The predicted molar refractivity (Wildman–Crippen MR) is 98.7 cm³/mol. The minimum atomic E-state index is -1.62. The van der Waals surface area contributed by atoms with E-state index >= 15 is 0 Å². The van der Waals surface area contributed by atoms with E-state index in [2.05, 4.69) is 13.8 Å². The van der Waals surface area contributed by atoms with Gasteiger partial charge in [-0.15, -0.1) is 0 Å². The van der Waals surface area contributed by atoms with Crippen LogP contribution >= 0.6 is 0 Å². The number of Topliss-reactive ketones (excluding diaryl/α,β-unsaturated/α-hetero) is 2. The van der Waals surface area contributed by atoms with Crippen molar-refractivity contribution in [2.45, 2.75) is 64.9 Å². The van der Waals surface area contributed by atoms with Crippen molar-refractivity contribution in [3.63, 3.8) is 0 Å². The molecule has 0 amide bonds. The second-order valence-corrected chi connectivity index (χ2v) is 9.94. The van der Waals surface area contributed by atoms with Crippen LogP contribution in [0.15, 0.2) is 11.6 Å². The summed E-state index contributed by atoms with van der Waals surface area (Å²) in [5.74, 6) is -0.0363. The number of carbonyl (C=O) groups is 3. The third kappa shape index (κ3) is 2.27. The van der Waals surface area contributed by atoms with Crippen LogP contribution in [0.25, 0.3) is 0 Å². The summed E-state index contributed by atoms with van der Waals surface area (Å²) >= 11 is 0. The molecule has 0 saturated heterocycles. The summed E-state index contributed by atoms with van der Waals surface area (Å²) in [4.78, 5) is 37.9. The van der Waals surface area contributed by atoms with E-state index in [0.29, 0.717) is 25.7 Å². The van der Waals surface area contributed by atoms with Crippen molar-refractivity contribution in [2.24, 2.45) is 34.5 Å². The molecule has 0 aromatic carbocycles. The van der Waals surface area contributed by atoms with Crippen LogP contribution in [-0.2, 0) is 14.4 Å². The monoisotopic (exact) mass is 374 g/mol. The Hall–Kier alpha value is -1.33. The molecule has 4 rings (SSSR count). The number of allylic oxidation sites excluding steroid dienone is 1. The standard InChI is InChI=1S/C22H30O5/c1-12-8-13-9-14(24)4-6-20(13,2)19-16(25)10-21(3)15(18(12)19)5-7-22(21,27)17(26)11-23/h9,12,15,18-19,23,27H,4-8,10-11H2,1-3H3/t12?,15-,18-,19-,20-,21-,22-/m0/s1. The Morgan fingerprint density at radius 1 is 1.26 bits per heavy atom. The summed E-state index contributed by atoms with van der Waals surface area (Å²) in [6, 6.07) is 0. The minimum Gasteiger partial charge on any atom is -0.388 e. The molecule has 0 spiro atoms. The molecule has 0 aromatic rings. The van der Waals surface area contributed by atoms with Gasteiger partial charge in [0.15, 0.2) is 11.6 Å². The van der Waals surface area contributed by atoms with Gasteiger partial charge < -0.3 is 10.2 Å². The fourth-order valence-corrected chi connectivity index (χ4v) is 7.29. The van der Waals surface area contributed by atoms with Crippen molar-refractivity contribution in [3.05, 3.63) is 11.6 Å². The molecule has 1 unspecified atom stereocenters. The van der Waals surface area contributed by atoms with Crippen LogP contribution in [0.5, 0.6) is 0 Å². The van der Waals surface area contributed by atoms with Crippen LogP contribution in [0.2, 0.25) is 0 Å². The molecule has 5 heteroatoms. The zero-order valence-electron chi connectivity index (χ0n) is 16.5. The minimum absolute atomic E-state index is 0.0757. The molecule has 27 heavy (non-hydrogen) atoms. The molecule has 0 radical (unpaired) electrons. The van der Waals surface area contributed by atoms with E-state index in [9.17, 15) is 24.6 Å². The molecule has 0 aromatic heterocycles. The molecule has 5 nitrogen and oxygen atoms in total. The van der Waals surface area contributed by atoms with Gasteiger partial charge in [0, 0.05) is 24.2 Å². The maximum atomic E-state index is 13.5. The van der Waals surface area contributed by atoms with Crippen molar-refractivity contribution < 1.29 is 24.6 Å². The molecule has 0 aliphatic heterocycles. The molecule has 3 saturated carbocycles. The molecule has 0 bridgehead atoms. The lowest BCUT2D eigenvalue weighted by molar-refractivity contribution is -0.173. The van der Waals surface area contributed by atoms with Gasteiger partial charge in [-0.2, -0.15) is 0 Å². The molecule has 2 N–H and O–H groups in total. The highest BCUT2D eigenvalue weighted by Gasteiger charge is 2.69. The van der Waals surface area contributed by atoms with Crippen LogP contribution in [0.4, 0.5) is 0 Å². The van der Waals surface area contributed by atoms with Crippen molar-refractivity contribution in [1.82, 2.24) is 0 Å². The lowest BCUT2D eigenvalue weighted by atomic mass is 9.44. The Balaban J connectivity index is 1.79. The van der Waals surface area contributed by atoms with Gasteiger partial charge in [0.25, 0.3) is 0 Å². The van der Waals surface area contributed by atoms with E-state index in [0.717, 1.165) is 12.0 Å². The lowest BCUT2D eigenvalue weighted by Crippen LogP contribution is -2.62. The fraction of sp³-hybridized carbons (Fsp3) is 0.773. The summed E-state index contributed by atoms with van der Waals surface area (Å²) in [7, 11) is 0. The van der Waals surface area contributed by atoms with Crippen LogP contribution in [0.1, 0.15) is 59.3 Å². The first-order chi connectivity index (χ1) is 12.6. The van der Waals surface area contributed by atoms with E-state index in [1.54, 1.807) is 6.08 Å². The summed E-state index contributed by atoms with van der Waals surface area (Å²) in [5.41, 5.74) is -1.61. The summed E-state index contributed by atoms with van der Waals surface area (Å²) in [5, 5.41) is 20.6. The Morgan fingerprint density at radius 2 is 1.96 bits per heavy atom. The van der Waals surface area contributed by atoms with Gasteiger partial charge in [0.05, 0.1) is 0 Å². The number of rotatable bonds is 2. The lowest BCUT2D eigenvalue weighted by Gasteiger charge is -2.59. The van der Waals surface area contributed by atoms with Gasteiger partial charge in [0.1, 0.15) is 18.0 Å². The van der Waals surface area contributed by atoms with Crippen LogP contribution < -0.4 is 0 Å². The topological polar surface area (TPSA) is 91.7 Å². The predicted octanol–water partition coefficient (Wildman–Crippen LogP) is 2.24. The highest BCUT2D eigenvalue weighted by atomic mass is 16.3. The van der Waals surface area contributed by atoms with Gasteiger partial charge in [-0.1, -0.05) is 26.3 Å². The van der Waals surface area contributed by atoms with Crippen LogP contribution in [0.3, 0.4) is 0 Å². The average Bonchev–Trinajstić information content (AvgIpc) is 2.87. The SMILES string of the molecule is CC1CC2=CC(=O)CC[C@]2(C)[C@H]2C(=O)C[C@@]3(C)[C@@H](CC[C@]3(O)C(=O)CO)[C@H]12. The Labute approximate surface area is 160 Å². The number of carbonyl (C=O) groups excluding carboxylic acids is 3. The van der Waals surface area contributed by atoms with E-state index in [1.165, 1.54) is 0 Å². The first-order valence-electron chi connectivity index (χ1n) is 10.2. The molecule has 148 valence electrons. The molecule has 4 aliphatic rings. The smallest absolute Gasteiger partial charge is 0.190 e. The Morgan fingerprint density at radius 3 is 2.63 bits per heavy atom. The normalized spacial score (nSPS) is 49.1. The maximum Gasteiger partial charge on any atom is 0.190 e. The largest absolute Gasteiger partial charge is 0.388 e. The third-order valence-electron chi connectivity index (χ3n) is 8.77. The average molecular weight is 374 g/mol. The van der Waals surface area contributed by atoms with Gasteiger partial charge in [0.2, 0.25) is 0 Å². The quantitative estimate of drug-likeness (QED) is 0.773. The van der Waals surface area contributed by atoms with Crippen LogP contribution in [-0.4, -0.2) is 39.8 Å². The number of hydrogen-bond donors (Lipinski definition) is 2. The second-order valence-electron chi connectivity index (χ2n) is 9.94. The van der Waals surface area contributed by atoms with Crippen molar-refractivity contribution >= 4 is 17.3 Å².